The summed E-state index contributed by atoms with van der Waals surface area (Å²) in [5, 5.41) is 0. The maximum atomic E-state index is 11.2. The number of ether oxygens (including phenoxy) is 1. The number of benzene rings is 1. The molecule has 0 unspecified atom stereocenters. The van der Waals surface area contributed by atoms with Crippen LogP contribution in [0.5, 0.6) is 5.75 Å². The molecule has 0 heterocycles. The van der Waals surface area contributed by atoms with Crippen LogP contribution in [0.15, 0.2) is 12.1 Å². The molecule has 84 valence electrons. The monoisotopic (exact) mass is 209 g/mol. The van der Waals surface area contributed by atoms with Gasteiger partial charge in [0.2, 0.25) is 0 Å². The van der Waals surface area contributed by atoms with Gasteiger partial charge in [-0.2, -0.15) is 0 Å². The second-order valence-corrected chi connectivity index (χ2v) is 2.97. The number of hydrogen-bond donors (Lipinski definition) is 1. The van der Waals surface area contributed by atoms with Crippen molar-refractivity contribution in [3.63, 3.8) is 0 Å². The first-order valence-corrected chi connectivity index (χ1v) is 5.01. The van der Waals surface area contributed by atoms with Gasteiger partial charge in [0, 0.05) is 11.8 Å². The Kier molecular flexibility index (Phi) is 5.45. The van der Waals surface area contributed by atoms with Gasteiger partial charge in [0.05, 0.1) is 12.7 Å². The molecular weight excluding hydrogens is 190 g/mol. The van der Waals surface area contributed by atoms with Crippen LogP contribution in [0.1, 0.15) is 36.7 Å². The smallest absolute Gasteiger partial charge is 0.163 e. The van der Waals surface area contributed by atoms with Crippen molar-refractivity contribution in [3.8, 4) is 5.75 Å². The number of ketones is 1. The summed E-state index contributed by atoms with van der Waals surface area (Å²) in [5.41, 5.74) is 7.79. The summed E-state index contributed by atoms with van der Waals surface area (Å²) < 4.78 is 5.04. The first-order valence-electron chi connectivity index (χ1n) is 5.01. The maximum Gasteiger partial charge on any atom is 0.163 e. The molecule has 0 aliphatic carbocycles. The first kappa shape index (κ1) is 13.5. The second kappa shape index (κ2) is 6.06. The van der Waals surface area contributed by atoms with E-state index in [0.29, 0.717) is 17.0 Å². The predicted molar refractivity (Wildman–Crippen MR) is 63.5 cm³/mol. The van der Waals surface area contributed by atoms with Gasteiger partial charge < -0.3 is 10.5 Å². The first-order chi connectivity index (χ1) is 7.06. The molecule has 3 nitrogen and oxygen atoms in total. The lowest BCUT2D eigenvalue weighted by Crippen LogP contribution is -2.00. The van der Waals surface area contributed by atoms with Crippen LogP contribution in [0, 0.1) is 6.92 Å². The van der Waals surface area contributed by atoms with Gasteiger partial charge in [0.25, 0.3) is 0 Å². The van der Waals surface area contributed by atoms with Crippen LogP contribution in [-0.2, 0) is 0 Å². The molecule has 0 amide bonds. The third-order valence-corrected chi connectivity index (χ3v) is 1.97. The van der Waals surface area contributed by atoms with Crippen LogP contribution in [0.25, 0.3) is 0 Å². The number of rotatable bonds is 2. The molecule has 0 aliphatic heterocycles. The molecule has 2 N–H and O–H groups in total. The van der Waals surface area contributed by atoms with Crippen molar-refractivity contribution in [2.24, 2.45) is 0 Å². The molecule has 0 spiro atoms. The van der Waals surface area contributed by atoms with E-state index in [1.165, 1.54) is 14.0 Å². The number of aryl methyl sites for hydroxylation is 1. The Morgan fingerprint density at radius 3 is 2.27 bits per heavy atom. The minimum Gasteiger partial charge on any atom is -0.496 e. The summed E-state index contributed by atoms with van der Waals surface area (Å²) in [6.45, 7) is 7.37. The summed E-state index contributed by atoms with van der Waals surface area (Å²) in [5.74, 6) is 0.524. The van der Waals surface area contributed by atoms with Gasteiger partial charge in [0.1, 0.15) is 5.75 Å². The minimum absolute atomic E-state index is 0.0139. The minimum atomic E-state index is -0.0139. The van der Waals surface area contributed by atoms with Crippen LogP contribution >= 0.6 is 0 Å². The lowest BCUT2D eigenvalue weighted by atomic mass is 10.1. The van der Waals surface area contributed by atoms with Crippen LogP contribution in [-0.4, -0.2) is 12.9 Å². The van der Waals surface area contributed by atoms with Crippen molar-refractivity contribution in [2.45, 2.75) is 27.7 Å². The average molecular weight is 209 g/mol. The van der Waals surface area contributed by atoms with E-state index in [-0.39, 0.29) is 5.78 Å². The highest BCUT2D eigenvalue weighted by Crippen LogP contribution is 2.25. The summed E-state index contributed by atoms with van der Waals surface area (Å²) in [7, 11) is 1.52. The molecular formula is C12H19NO2. The fourth-order valence-electron chi connectivity index (χ4n) is 1.15. The average Bonchev–Trinajstić information content (AvgIpc) is 2.24. The molecule has 3 heteroatoms. The summed E-state index contributed by atoms with van der Waals surface area (Å²) in [4.78, 5) is 11.2. The Bertz CT molecular complexity index is 346. The number of anilines is 1. The van der Waals surface area contributed by atoms with Crippen molar-refractivity contribution in [1.82, 2.24) is 0 Å². The molecule has 0 saturated heterocycles. The highest BCUT2D eigenvalue weighted by Gasteiger charge is 2.09. The molecule has 0 aromatic heterocycles. The molecule has 1 rings (SSSR count). The van der Waals surface area contributed by atoms with E-state index in [4.69, 9.17) is 10.5 Å². The van der Waals surface area contributed by atoms with E-state index in [1.54, 1.807) is 12.1 Å². The fourth-order valence-corrected chi connectivity index (χ4v) is 1.15. The van der Waals surface area contributed by atoms with E-state index in [1.807, 2.05) is 20.8 Å². The van der Waals surface area contributed by atoms with Crippen molar-refractivity contribution in [3.05, 3.63) is 23.3 Å². The predicted octanol–water partition coefficient (Wildman–Crippen LogP) is 2.81. The third-order valence-electron chi connectivity index (χ3n) is 1.97. The van der Waals surface area contributed by atoms with Crippen LogP contribution in [0.2, 0.25) is 0 Å². The lowest BCUT2D eigenvalue weighted by molar-refractivity contribution is 0.101. The van der Waals surface area contributed by atoms with Crippen molar-refractivity contribution < 1.29 is 9.53 Å². The fraction of sp³-hybridized carbons (Fsp3) is 0.417. The van der Waals surface area contributed by atoms with Gasteiger partial charge in [-0.15, -0.1) is 0 Å². The van der Waals surface area contributed by atoms with E-state index in [0.717, 1.165) is 5.56 Å². The quantitative estimate of drug-likeness (QED) is 0.602. The molecule has 0 bridgehead atoms. The largest absolute Gasteiger partial charge is 0.496 e. The third kappa shape index (κ3) is 3.27. The molecule has 0 atom stereocenters. The van der Waals surface area contributed by atoms with Crippen LogP contribution in [0.3, 0.4) is 0 Å². The Morgan fingerprint density at radius 2 is 1.87 bits per heavy atom. The normalized spacial score (nSPS) is 8.87. The molecule has 0 aliphatic rings. The Hall–Kier alpha value is -1.51. The Balaban J connectivity index is 0.000000921. The number of Topliss-reactive ketones (excluding diaryl/α,β-unsaturated/α-hetero) is 1. The van der Waals surface area contributed by atoms with Crippen LogP contribution in [0.4, 0.5) is 5.69 Å². The van der Waals surface area contributed by atoms with Gasteiger partial charge >= 0.3 is 0 Å². The van der Waals surface area contributed by atoms with Gasteiger partial charge in [-0.25, -0.2) is 0 Å². The standard InChI is InChI=1S/C10H13NO2.C2H6/c1-6-4-8(7(2)12)10(13-3)5-9(6)11;1-2/h4-5H,11H2,1-3H3;1-2H3. The van der Waals surface area contributed by atoms with Gasteiger partial charge in [-0.1, -0.05) is 13.8 Å². The SMILES string of the molecule is CC.COc1cc(N)c(C)cc1C(C)=O. The van der Waals surface area contributed by atoms with E-state index in [9.17, 15) is 4.79 Å². The zero-order chi connectivity index (χ0) is 12.0. The highest BCUT2D eigenvalue weighted by atomic mass is 16.5. The number of nitrogens with two attached hydrogens (primary N) is 1. The van der Waals surface area contributed by atoms with Gasteiger partial charge in [0.15, 0.2) is 5.78 Å². The molecule has 1 aromatic rings. The zero-order valence-electron chi connectivity index (χ0n) is 10.0. The number of hydrogen-bond acceptors (Lipinski definition) is 3. The van der Waals surface area contributed by atoms with Crippen molar-refractivity contribution in [1.29, 1.82) is 0 Å². The van der Waals surface area contributed by atoms with Crippen molar-refractivity contribution in [2.75, 3.05) is 12.8 Å². The summed E-state index contributed by atoms with van der Waals surface area (Å²) in [6.07, 6.45) is 0. The van der Waals surface area contributed by atoms with Gasteiger partial charge in [-0.05, 0) is 25.5 Å². The molecule has 0 saturated carbocycles. The number of carbonyl (C=O) groups excluding carboxylic acids is 1. The van der Waals surface area contributed by atoms with Crippen LogP contribution < -0.4 is 10.5 Å². The molecule has 0 fully saturated rings. The lowest BCUT2D eigenvalue weighted by Gasteiger charge is -2.08. The highest BCUT2D eigenvalue weighted by molar-refractivity contribution is 5.97. The van der Waals surface area contributed by atoms with Gasteiger partial charge in [-0.3, -0.25) is 4.79 Å². The Labute approximate surface area is 91.2 Å². The topological polar surface area (TPSA) is 52.3 Å². The molecule has 1 aromatic carbocycles. The number of carbonyl (C=O) groups is 1. The van der Waals surface area contributed by atoms with E-state index < -0.39 is 0 Å². The van der Waals surface area contributed by atoms with E-state index in [2.05, 4.69) is 0 Å². The summed E-state index contributed by atoms with van der Waals surface area (Å²) >= 11 is 0. The molecule has 15 heavy (non-hydrogen) atoms. The number of methoxy groups -OCH3 is 1. The zero-order valence-corrected chi connectivity index (χ0v) is 10.0. The van der Waals surface area contributed by atoms with Crippen molar-refractivity contribution >= 4 is 11.5 Å². The second-order valence-electron chi connectivity index (χ2n) is 2.97. The molecule has 0 radical (unpaired) electrons. The Morgan fingerprint density at radius 1 is 1.33 bits per heavy atom. The summed E-state index contributed by atoms with van der Waals surface area (Å²) in [6, 6.07) is 3.42. The van der Waals surface area contributed by atoms with E-state index >= 15 is 0 Å². The number of nitrogen functional groups attached to an aromatic ring is 1. The maximum absolute atomic E-state index is 11.2.